The Morgan fingerprint density at radius 3 is 2.80 bits per heavy atom. The first-order valence-electron chi connectivity index (χ1n) is 8.25. The summed E-state index contributed by atoms with van der Waals surface area (Å²) in [5, 5.41) is 11.1. The number of carbonyl (C=O) groups is 2. The Bertz CT molecular complexity index is 867. The van der Waals surface area contributed by atoms with Gasteiger partial charge in [0, 0.05) is 26.7 Å². The lowest BCUT2D eigenvalue weighted by Gasteiger charge is -2.21. The summed E-state index contributed by atoms with van der Waals surface area (Å²) in [5.74, 6) is -0.751. The molecule has 0 spiro atoms. The molecule has 1 aliphatic heterocycles. The molecular formula is C17H21N3O5. The van der Waals surface area contributed by atoms with Gasteiger partial charge in [0.2, 0.25) is 11.8 Å². The molecule has 8 heteroatoms. The van der Waals surface area contributed by atoms with Crippen molar-refractivity contribution >= 4 is 22.8 Å². The van der Waals surface area contributed by atoms with Crippen LogP contribution in [0.2, 0.25) is 0 Å². The highest BCUT2D eigenvalue weighted by Crippen LogP contribution is 2.23. The molecule has 134 valence electrons. The zero-order chi connectivity index (χ0) is 18.0. The number of ether oxygens (including phenoxy) is 1. The van der Waals surface area contributed by atoms with Crippen molar-refractivity contribution in [2.24, 2.45) is 7.05 Å². The number of benzene rings is 1. The fraction of sp³-hybridized carbons (Fsp3) is 0.471. The summed E-state index contributed by atoms with van der Waals surface area (Å²) in [5.41, 5.74) is 1.98. The fourth-order valence-corrected chi connectivity index (χ4v) is 3.09. The first kappa shape index (κ1) is 17.4. The number of aliphatic hydroxyl groups is 1. The molecule has 1 atom stereocenters. The van der Waals surface area contributed by atoms with Crippen LogP contribution in [0.25, 0.3) is 11.0 Å². The minimum absolute atomic E-state index is 0.0857. The lowest BCUT2D eigenvalue weighted by atomic mass is 10.1. The topological polar surface area (TPSA) is 103 Å². The number of hydrogen-bond acceptors (Lipinski definition) is 5. The van der Waals surface area contributed by atoms with E-state index in [2.05, 4.69) is 5.32 Å². The number of fused-ring (bicyclic) bond motifs is 1. The molecule has 1 aromatic carbocycles. The van der Waals surface area contributed by atoms with Gasteiger partial charge in [-0.15, -0.1) is 0 Å². The predicted octanol–water partition coefficient (Wildman–Crippen LogP) is 0.217. The Morgan fingerprint density at radius 2 is 2.08 bits per heavy atom. The third-order valence-corrected chi connectivity index (χ3v) is 4.39. The Kier molecular flexibility index (Phi) is 5.00. The number of rotatable bonds is 6. The number of carbonyl (C=O) groups excluding carboxylic acids is 2. The van der Waals surface area contributed by atoms with Crippen LogP contribution in [0.4, 0.5) is 0 Å². The average molecular weight is 347 g/mol. The summed E-state index contributed by atoms with van der Waals surface area (Å²) in [7, 11) is 1.66. The van der Waals surface area contributed by atoms with Gasteiger partial charge in [-0.1, -0.05) is 6.07 Å². The second-order valence-electron chi connectivity index (χ2n) is 6.13. The third-order valence-electron chi connectivity index (χ3n) is 4.39. The van der Waals surface area contributed by atoms with Crippen LogP contribution in [0, 0.1) is 0 Å². The van der Waals surface area contributed by atoms with E-state index in [1.54, 1.807) is 13.1 Å². The first-order chi connectivity index (χ1) is 12.0. The quantitative estimate of drug-likeness (QED) is 0.575. The number of nitrogens with one attached hydrogen (secondary N) is 1. The van der Waals surface area contributed by atoms with Crippen LogP contribution < -0.4 is 11.0 Å². The molecule has 25 heavy (non-hydrogen) atoms. The van der Waals surface area contributed by atoms with Gasteiger partial charge in [-0.05, 0) is 30.5 Å². The predicted molar refractivity (Wildman–Crippen MR) is 90.0 cm³/mol. The van der Waals surface area contributed by atoms with E-state index in [0.29, 0.717) is 37.1 Å². The van der Waals surface area contributed by atoms with E-state index in [1.807, 2.05) is 12.1 Å². The minimum Gasteiger partial charge on any atom is -0.396 e. The SMILES string of the molecule is Cn1c(=O)n(C2CCC(=O)NC2=O)c2ccc(COCCCO)cc21. The van der Waals surface area contributed by atoms with Crippen LogP contribution >= 0.6 is 0 Å². The lowest BCUT2D eigenvalue weighted by Crippen LogP contribution is -2.44. The zero-order valence-electron chi connectivity index (χ0n) is 14.0. The lowest BCUT2D eigenvalue weighted by molar-refractivity contribution is -0.135. The Morgan fingerprint density at radius 1 is 1.28 bits per heavy atom. The van der Waals surface area contributed by atoms with Crippen LogP contribution in [0.1, 0.15) is 30.9 Å². The molecule has 1 saturated heterocycles. The van der Waals surface area contributed by atoms with Gasteiger partial charge in [-0.2, -0.15) is 0 Å². The number of aromatic nitrogens is 2. The second kappa shape index (κ2) is 7.20. The molecule has 2 heterocycles. The Labute approximate surface area is 144 Å². The van der Waals surface area contributed by atoms with Crippen molar-refractivity contribution in [3.63, 3.8) is 0 Å². The van der Waals surface area contributed by atoms with Crippen molar-refractivity contribution in [1.82, 2.24) is 14.5 Å². The van der Waals surface area contributed by atoms with E-state index in [4.69, 9.17) is 9.84 Å². The molecule has 0 aliphatic carbocycles. The zero-order valence-corrected chi connectivity index (χ0v) is 14.0. The van der Waals surface area contributed by atoms with Gasteiger partial charge in [-0.3, -0.25) is 24.0 Å². The van der Waals surface area contributed by atoms with Crippen molar-refractivity contribution in [2.45, 2.75) is 31.9 Å². The Hall–Kier alpha value is -2.45. The monoisotopic (exact) mass is 347 g/mol. The highest BCUT2D eigenvalue weighted by atomic mass is 16.5. The van der Waals surface area contributed by atoms with E-state index in [0.717, 1.165) is 5.56 Å². The summed E-state index contributed by atoms with van der Waals surface area (Å²) in [6, 6.07) is 4.83. The normalized spacial score (nSPS) is 17.9. The number of piperidine rings is 1. The van der Waals surface area contributed by atoms with Crippen LogP contribution in [-0.2, 0) is 28.0 Å². The number of hydrogen-bond donors (Lipinski definition) is 2. The maximum atomic E-state index is 12.6. The summed E-state index contributed by atoms with van der Waals surface area (Å²) in [6.45, 7) is 0.931. The van der Waals surface area contributed by atoms with Crippen LogP contribution in [0.15, 0.2) is 23.0 Å². The molecule has 1 unspecified atom stereocenters. The molecule has 1 aliphatic rings. The maximum Gasteiger partial charge on any atom is 0.329 e. The molecule has 2 N–H and O–H groups in total. The number of amides is 2. The highest BCUT2D eigenvalue weighted by molar-refractivity contribution is 6.00. The standard InChI is InChI=1S/C17H21N3O5/c1-19-14-9-11(10-25-8-2-7-21)3-4-12(14)20(17(19)24)13-5-6-15(22)18-16(13)23/h3-4,9,13,21H,2,5-8,10H2,1H3,(H,18,22,23). The van der Waals surface area contributed by atoms with Crippen molar-refractivity contribution in [2.75, 3.05) is 13.2 Å². The van der Waals surface area contributed by atoms with E-state index < -0.39 is 11.9 Å². The number of imide groups is 1. The van der Waals surface area contributed by atoms with Crippen molar-refractivity contribution in [3.8, 4) is 0 Å². The minimum atomic E-state index is -0.680. The van der Waals surface area contributed by atoms with Crippen LogP contribution in [0.3, 0.4) is 0 Å². The van der Waals surface area contributed by atoms with Crippen molar-refractivity contribution in [1.29, 1.82) is 0 Å². The van der Waals surface area contributed by atoms with E-state index in [-0.39, 0.29) is 24.6 Å². The molecule has 8 nitrogen and oxygen atoms in total. The molecule has 0 bridgehead atoms. The van der Waals surface area contributed by atoms with Gasteiger partial charge >= 0.3 is 5.69 Å². The van der Waals surface area contributed by atoms with E-state index >= 15 is 0 Å². The molecule has 0 saturated carbocycles. The number of aliphatic hydroxyl groups excluding tert-OH is 1. The summed E-state index contributed by atoms with van der Waals surface area (Å²) in [4.78, 5) is 36.1. The molecular weight excluding hydrogens is 326 g/mol. The van der Waals surface area contributed by atoms with E-state index in [1.165, 1.54) is 9.13 Å². The first-order valence-corrected chi connectivity index (χ1v) is 8.25. The van der Waals surface area contributed by atoms with Crippen LogP contribution in [0.5, 0.6) is 0 Å². The van der Waals surface area contributed by atoms with Gasteiger partial charge in [0.1, 0.15) is 6.04 Å². The maximum absolute atomic E-state index is 12.6. The van der Waals surface area contributed by atoms with Crippen LogP contribution in [-0.4, -0.2) is 39.3 Å². The molecule has 0 radical (unpaired) electrons. The molecule has 1 aromatic heterocycles. The number of aryl methyl sites for hydroxylation is 1. The molecule has 2 aromatic rings. The van der Waals surface area contributed by atoms with Gasteiger partial charge in [0.15, 0.2) is 0 Å². The highest BCUT2D eigenvalue weighted by Gasteiger charge is 2.31. The summed E-state index contributed by atoms with van der Waals surface area (Å²) in [6.07, 6.45) is 1.11. The molecule has 1 fully saturated rings. The molecule has 3 rings (SSSR count). The number of nitrogens with zero attached hydrogens (tertiary/aromatic N) is 2. The fourth-order valence-electron chi connectivity index (χ4n) is 3.09. The largest absolute Gasteiger partial charge is 0.396 e. The average Bonchev–Trinajstić information content (AvgIpc) is 2.83. The third kappa shape index (κ3) is 3.35. The Balaban J connectivity index is 1.93. The van der Waals surface area contributed by atoms with Gasteiger partial charge in [0.05, 0.1) is 17.6 Å². The smallest absolute Gasteiger partial charge is 0.329 e. The van der Waals surface area contributed by atoms with Crippen molar-refractivity contribution in [3.05, 3.63) is 34.2 Å². The number of imidazole rings is 1. The van der Waals surface area contributed by atoms with Gasteiger partial charge in [-0.25, -0.2) is 4.79 Å². The summed E-state index contributed by atoms with van der Waals surface area (Å²) >= 11 is 0. The van der Waals surface area contributed by atoms with Crippen molar-refractivity contribution < 1.29 is 19.4 Å². The van der Waals surface area contributed by atoms with Gasteiger partial charge in [0.25, 0.3) is 0 Å². The second-order valence-corrected chi connectivity index (χ2v) is 6.13. The van der Waals surface area contributed by atoms with Gasteiger partial charge < -0.3 is 9.84 Å². The van der Waals surface area contributed by atoms with E-state index in [9.17, 15) is 14.4 Å². The molecule has 2 amide bonds. The summed E-state index contributed by atoms with van der Waals surface area (Å²) < 4.78 is 8.42.